The van der Waals surface area contributed by atoms with Crippen molar-refractivity contribution in [3.8, 4) is 0 Å². The number of nitrogens with two attached hydrogens (primary N) is 1. The number of hydrogen-bond acceptors (Lipinski definition) is 9. The Morgan fingerprint density at radius 2 is 1.86 bits per heavy atom. The van der Waals surface area contributed by atoms with Crippen LogP contribution in [0.25, 0.3) is 0 Å². The predicted octanol–water partition coefficient (Wildman–Crippen LogP) is 2.77. The van der Waals surface area contributed by atoms with Gasteiger partial charge in [-0.1, -0.05) is 30.3 Å². The zero-order valence-corrected chi connectivity index (χ0v) is 14.8. The smallest absolute Gasteiger partial charge is 0.345 e. The topological polar surface area (TPSA) is 146 Å². The number of para-hydroxylation sites is 2. The molecule has 3 N–H and O–H groups in total. The number of nitro benzene ring substituents is 1. The van der Waals surface area contributed by atoms with E-state index in [1.165, 1.54) is 24.3 Å². The summed E-state index contributed by atoms with van der Waals surface area (Å²) in [5.41, 5.74) is 6.96. The first kappa shape index (κ1) is 18.7. The van der Waals surface area contributed by atoms with Gasteiger partial charge in [-0.3, -0.25) is 10.1 Å². The van der Waals surface area contributed by atoms with E-state index in [2.05, 4.69) is 20.3 Å². The molecule has 1 heterocycles. The molecule has 28 heavy (non-hydrogen) atoms. The van der Waals surface area contributed by atoms with Crippen molar-refractivity contribution in [2.24, 2.45) is 0 Å². The van der Waals surface area contributed by atoms with Gasteiger partial charge in [-0.2, -0.15) is 15.0 Å². The van der Waals surface area contributed by atoms with E-state index in [1.807, 2.05) is 31.2 Å². The van der Waals surface area contributed by atoms with Crippen molar-refractivity contribution < 1.29 is 14.5 Å². The number of nitrogens with zero attached hydrogens (tertiary/aromatic N) is 4. The lowest BCUT2D eigenvalue weighted by Crippen LogP contribution is -2.12. The maximum atomic E-state index is 12.2. The Bertz CT molecular complexity index is 1040. The molecule has 1 aromatic heterocycles. The van der Waals surface area contributed by atoms with Gasteiger partial charge in [-0.05, 0) is 24.6 Å². The molecule has 3 rings (SSSR count). The summed E-state index contributed by atoms with van der Waals surface area (Å²) in [6.07, 6.45) is 0. The molecule has 2 aromatic carbocycles. The highest BCUT2D eigenvalue weighted by atomic mass is 16.6. The van der Waals surface area contributed by atoms with Crippen LogP contribution in [0.2, 0.25) is 0 Å². The number of aryl methyl sites for hydroxylation is 1. The molecule has 0 radical (unpaired) electrons. The van der Waals surface area contributed by atoms with Crippen molar-refractivity contribution in [1.82, 2.24) is 15.0 Å². The van der Waals surface area contributed by atoms with E-state index in [0.717, 1.165) is 11.3 Å². The third kappa shape index (κ3) is 4.36. The third-order valence-corrected chi connectivity index (χ3v) is 3.74. The number of hydrogen-bond donors (Lipinski definition) is 2. The molecule has 0 amide bonds. The van der Waals surface area contributed by atoms with Crippen LogP contribution in [-0.4, -0.2) is 25.8 Å². The summed E-state index contributed by atoms with van der Waals surface area (Å²) >= 11 is 0. The first-order valence-corrected chi connectivity index (χ1v) is 8.17. The van der Waals surface area contributed by atoms with Crippen LogP contribution >= 0.6 is 0 Å². The number of ether oxygens (including phenoxy) is 1. The summed E-state index contributed by atoms with van der Waals surface area (Å²) < 4.78 is 5.11. The fraction of sp³-hybridized carbons (Fsp3) is 0.111. The average Bonchev–Trinajstić information content (AvgIpc) is 2.67. The summed E-state index contributed by atoms with van der Waals surface area (Å²) in [7, 11) is 0. The lowest BCUT2D eigenvalue weighted by molar-refractivity contribution is -0.385. The minimum absolute atomic E-state index is 0.0529. The molecule has 0 aliphatic heterocycles. The van der Waals surface area contributed by atoms with Crippen molar-refractivity contribution in [3.05, 3.63) is 75.6 Å². The summed E-state index contributed by atoms with van der Waals surface area (Å²) in [4.78, 5) is 34.7. The van der Waals surface area contributed by atoms with Crippen molar-refractivity contribution >= 4 is 29.2 Å². The van der Waals surface area contributed by atoms with Crippen molar-refractivity contribution in [2.45, 2.75) is 13.5 Å². The van der Waals surface area contributed by atoms with E-state index in [0.29, 0.717) is 0 Å². The standard InChI is InChI=1S/C18H16N6O4/c1-11-6-2-4-8-13(11)20-18-22-15(21-17(19)23-18)10-28-16(25)12-7-3-5-9-14(12)24(26)27/h2-9H,10H2,1H3,(H3,19,20,21,22,23). The molecule has 0 unspecified atom stereocenters. The molecule has 0 spiro atoms. The highest BCUT2D eigenvalue weighted by molar-refractivity contribution is 5.93. The molecule has 0 saturated carbocycles. The molecule has 0 bridgehead atoms. The van der Waals surface area contributed by atoms with Gasteiger partial charge < -0.3 is 15.8 Å². The zero-order chi connectivity index (χ0) is 20.1. The van der Waals surface area contributed by atoms with E-state index in [4.69, 9.17) is 10.5 Å². The van der Waals surface area contributed by atoms with Crippen LogP contribution in [0.15, 0.2) is 48.5 Å². The van der Waals surface area contributed by atoms with Gasteiger partial charge in [0.25, 0.3) is 5.69 Å². The average molecular weight is 380 g/mol. The second kappa shape index (κ2) is 8.08. The molecule has 0 atom stereocenters. The fourth-order valence-corrected chi connectivity index (χ4v) is 2.41. The number of benzene rings is 2. The van der Waals surface area contributed by atoms with Crippen molar-refractivity contribution in [3.63, 3.8) is 0 Å². The van der Waals surface area contributed by atoms with E-state index in [1.54, 1.807) is 0 Å². The number of rotatable bonds is 6. The zero-order valence-electron chi connectivity index (χ0n) is 14.8. The number of carbonyl (C=O) groups excluding carboxylic acids is 1. The van der Waals surface area contributed by atoms with Gasteiger partial charge in [0.2, 0.25) is 11.9 Å². The Morgan fingerprint density at radius 3 is 2.61 bits per heavy atom. The summed E-state index contributed by atoms with van der Waals surface area (Å²) in [6.45, 7) is 1.60. The molecule has 3 aromatic rings. The highest BCUT2D eigenvalue weighted by Crippen LogP contribution is 2.20. The summed E-state index contributed by atoms with van der Waals surface area (Å²) in [6, 6.07) is 13.0. The molecule has 0 aliphatic carbocycles. The number of aromatic nitrogens is 3. The molecule has 10 heteroatoms. The maximum absolute atomic E-state index is 12.2. The van der Waals surface area contributed by atoms with Gasteiger partial charge in [0.05, 0.1) is 4.92 Å². The minimum atomic E-state index is -0.861. The van der Waals surface area contributed by atoms with Crippen LogP contribution in [0.3, 0.4) is 0 Å². The molecule has 142 valence electrons. The molecule has 0 fully saturated rings. The Morgan fingerprint density at radius 1 is 1.14 bits per heavy atom. The maximum Gasteiger partial charge on any atom is 0.345 e. The van der Waals surface area contributed by atoms with Gasteiger partial charge in [0, 0.05) is 11.8 Å². The number of carbonyl (C=O) groups is 1. The summed E-state index contributed by atoms with van der Waals surface area (Å²) in [5.74, 6) is -0.614. The number of nitrogens with one attached hydrogen (secondary N) is 1. The predicted molar refractivity (Wildman–Crippen MR) is 101 cm³/mol. The quantitative estimate of drug-likeness (QED) is 0.374. The van der Waals surface area contributed by atoms with Gasteiger partial charge in [-0.25, -0.2) is 4.79 Å². The number of nitrogen functional groups attached to an aromatic ring is 1. The highest BCUT2D eigenvalue weighted by Gasteiger charge is 2.21. The van der Waals surface area contributed by atoms with Crippen LogP contribution < -0.4 is 11.1 Å². The second-order valence-electron chi connectivity index (χ2n) is 5.72. The Kier molecular flexibility index (Phi) is 5.40. The van der Waals surface area contributed by atoms with Crippen LogP contribution in [0.1, 0.15) is 21.7 Å². The number of esters is 1. The van der Waals surface area contributed by atoms with E-state index in [9.17, 15) is 14.9 Å². The largest absolute Gasteiger partial charge is 0.454 e. The lowest BCUT2D eigenvalue weighted by Gasteiger charge is -2.10. The second-order valence-corrected chi connectivity index (χ2v) is 5.72. The van der Waals surface area contributed by atoms with E-state index >= 15 is 0 Å². The Hall–Kier alpha value is -4.08. The summed E-state index contributed by atoms with van der Waals surface area (Å²) in [5, 5.41) is 14.1. The third-order valence-electron chi connectivity index (χ3n) is 3.74. The van der Waals surface area contributed by atoms with Crippen LogP contribution in [0, 0.1) is 17.0 Å². The Balaban J connectivity index is 1.75. The SMILES string of the molecule is Cc1ccccc1Nc1nc(N)nc(COC(=O)c2ccccc2[N+](=O)[O-])n1. The first-order chi connectivity index (χ1) is 13.4. The van der Waals surface area contributed by atoms with Crippen LogP contribution in [0.4, 0.5) is 23.3 Å². The van der Waals surface area contributed by atoms with Gasteiger partial charge in [-0.15, -0.1) is 0 Å². The molecule has 0 aliphatic rings. The van der Waals surface area contributed by atoms with Crippen molar-refractivity contribution in [1.29, 1.82) is 0 Å². The van der Waals surface area contributed by atoms with E-state index < -0.39 is 10.9 Å². The first-order valence-electron chi connectivity index (χ1n) is 8.17. The number of anilines is 3. The van der Waals surface area contributed by atoms with Crippen molar-refractivity contribution in [2.75, 3.05) is 11.1 Å². The van der Waals surface area contributed by atoms with Gasteiger partial charge in [0.15, 0.2) is 12.4 Å². The molecular formula is C18H16N6O4. The van der Waals surface area contributed by atoms with Gasteiger partial charge in [0.1, 0.15) is 5.56 Å². The fourth-order valence-electron chi connectivity index (χ4n) is 2.41. The van der Waals surface area contributed by atoms with Crippen LogP contribution in [0.5, 0.6) is 0 Å². The minimum Gasteiger partial charge on any atom is -0.454 e. The normalized spacial score (nSPS) is 10.3. The lowest BCUT2D eigenvalue weighted by atomic mass is 10.2. The Labute approximate surface area is 159 Å². The molecule has 10 nitrogen and oxygen atoms in total. The molecule has 0 saturated heterocycles. The number of nitro groups is 1. The van der Waals surface area contributed by atoms with E-state index in [-0.39, 0.29) is 35.6 Å². The molecular weight excluding hydrogens is 364 g/mol. The monoisotopic (exact) mass is 380 g/mol. The van der Waals surface area contributed by atoms with Gasteiger partial charge >= 0.3 is 5.97 Å². The van der Waals surface area contributed by atoms with Crippen LogP contribution in [-0.2, 0) is 11.3 Å².